The van der Waals surface area contributed by atoms with E-state index in [1.807, 2.05) is 6.92 Å². The van der Waals surface area contributed by atoms with Gasteiger partial charge in [0.25, 0.3) is 0 Å². The third-order valence-corrected chi connectivity index (χ3v) is 2.56. The number of anilines is 2. The molecule has 0 saturated carbocycles. The van der Waals surface area contributed by atoms with Crippen LogP contribution in [0.25, 0.3) is 0 Å². The molecule has 0 spiro atoms. The molecule has 4 heteroatoms. The molecule has 0 amide bonds. The fourth-order valence-electron chi connectivity index (χ4n) is 0.830. The average molecular weight is 186 g/mol. The smallest absolute Gasteiger partial charge is 0.0492 e. The quantitative estimate of drug-likeness (QED) is 0.368. The molecule has 4 N–H and O–H groups in total. The minimum atomic E-state index is 0.616. The zero-order chi connectivity index (χ0) is 8.59. The van der Waals surface area contributed by atoms with Gasteiger partial charge in [0.15, 0.2) is 0 Å². The van der Waals surface area contributed by atoms with Crippen LogP contribution >= 0.6 is 25.3 Å². The van der Waals surface area contributed by atoms with Crippen molar-refractivity contribution in [2.24, 2.45) is 0 Å². The van der Waals surface area contributed by atoms with Crippen LogP contribution in [-0.4, -0.2) is 0 Å². The van der Waals surface area contributed by atoms with Gasteiger partial charge in [-0.3, -0.25) is 0 Å². The molecule has 0 saturated heterocycles. The summed E-state index contributed by atoms with van der Waals surface area (Å²) in [5.41, 5.74) is 13.4. The summed E-state index contributed by atoms with van der Waals surface area (Å²) < 4.78 is 0. The molecule has 0 aliphatic carbocycles. The van der Waals surface area contributed by atoms with Gasteiger partial charge in [0.1, 0.15) is 0 Å². The highest BCUT2D eigenvalue weighted by atomic mass is 32.1. The highest BCUT2D eigenvalue weighted by molar-refractivity contribution is 7.81. The largest absolute Gasteiger partial charge is 0.398 e. The van der Waals surface area contributed by atoms with Gasteiger partial charge >= 0.3 is 0 Å². The van der Waals surface area contributed by atoms with Crippen LogP contribution in [0.1, 0.15) is 5.56 Å². The van der Waals surface area contributed by atoms with Crippen LogP contribution in [0.15, 0.2) is 15.9 Å². The van der Waals surface area contributed by atoms with Gasteiger partial charge in [-0.25, -0.2) is 0 Å². The van der Waals surface area contributed by atoms with E-state index in [4.69, 9.17) is 11.5 Å². The summed E-state index contributed by atoms with van der Waals surface area (Å²) in [7, 11) is 0. The maximum atomic E-state index is 5.67. The molecule has 2 nitrogen and oxygen atoms in total. The Labute approximate surface area is 76.8 Å². The van der Waals surface area contributed by atoms with E-state index in [0.717, 1.165) is 10.5 Å². The fraction of sp³-hybridized carbons (Fsp3) is 0.143. The Balaban J connectivity index is 3.46. The highest BCUT2D eigenvalue weighted by Gasteiger charge is 2.05. The number of thiol groups is 2. The molecule has 0 bridgehead atoms. The number of hydrogen-bond acceptors (Lipinski definition) is 4. The van der Waals surface area contributed by atoms with Crippen molar-refractivity contribution in [2.45, 2.75) is 16.7 Å². The van der Waals surface area contributed by atoms with Gasteiger partial charge in [0, 0.05) is 21.2 Å². The van der Waals surface area contributed by atoms with Gasteiger partial charge in [0.2, 0.25) is 0 Å². The van der Waals surface area contributed by atoms with Crippen molar-refractivity contribution in [1.29, 1.82) is 0 Å². The first-order chi connectivity index (χ1) is 5.04. The first-order valence-corrected chi connectivity index (χ1v) is 4.00. The van der Waals surface area contributed by atoms with Gasteiger partial charge in [-0.1, -0.05) is 0 Å². The monoisotopic (exact) mass is 186 g/mol. The summed E-state index contributed by atoms with van der Waals surface area (Å²) >= 11 is 8.33. The number of nitrogens with two attached hydrogens (primary N) is 2. The molecule has 0 heterocycles. The summed E-state index contributed by atoms with van der Waals surface area (Å²) in [6.45, 7) is 1.87. The molecular formula is C7H10N2S2. The van der Waals surface area contributed by atoms with Crippen LogP contribution in [0, 0.1) is 6.92 Å². The van der Waals surface area contributed by atoms with Gasteiger partial charge in [0.05, 0.1) is 0 Å². The highest BCUT2D eigenvalue weighted by Crippen LogP contribution is 2.31. The van der Waals surface area contributed by atoms with E-state index in [1.165, 1.54) is 0 Å². The zero-order valence-electron chi connectivity index (χ0n) is 6.13. The van der Waals surface area contributed by atoms with E-state index in [0.29, 0.717) is 16.3 Å². The molecule has 0 aliphatic rings. The van der Waals surface area contributed by atoms with Crippen molar-refractivity contribution in [1.82, 2.24) is 0 Å². The molecule has 0 unspecified atom stereocenters. The Morgan fingerprint density at radius 1 is 1.27 bits per heavy atom. The van der Waals surface area contributed by atoms with Crippen LogP contribution in [0.3, 0.4) is 0 Å². The summed E-state index contributed by atoms with van der Waals surface area (Å²) in [5, 5.41) is 0. The molecule has 60 valence electrons. The lowest BCUT2D eigenvalue weighted by atomic mass is 10.2. The van der Waals surface area contributed by atoms with Crippen molar-refractivity contribution >= 4 is 36.6 Å². The molecule has 0 atom stereocenters. The molecule has 1 aromatic rings. The lowest BCUT2D eigenvalue weighted by Gasteiger charge is -2.08. The molecule has 0 fully saturated rings. The standard InChI is InChI=1S/C7H10N2S2/c1-3-6(9)5(10)2-4(8)7(3)11/h2,10-11H,8-9H2,1H3. The Morgan fingerprint density at radius 2 is 1.82 bits per heavy atom. The van der Waals surface area contributed by atoms with E-state index >= 15 is 0 Å². The molecule has 1 aromatic carbocycles. The average Bonchev–Trinajstić information content (AvgIpc) is 1.97. The number of hydrogen-bond donors (Lipinski definition) is 4. The summed E-state index contributed by atoms with van der Waals surface area (Å²) in [6, 6.07) is 1.70. The van der Waals surface area contributed by atoms with Crippen LogP contribution in [0.5, 0.6) is 0 Å². The molecule has 0 aliphatic heterocycles. The predicted molar refractivity (Wildman–Crippen MR) is 54.5 cm³/mol. The van der Waals surface area contributed by atoms with Crippen molar-refractivity contribution in [3.05, 3.63) is 11.6 Å². The molecule has 0 aromatic heterocycles. The predicted octanol–water partition coefficient (Wildman–Crippen LogP) is 1.74. The lowest BCUT2D eigenvalue weighted by Crippen LogP contribution is -1.96. The minimum Gasteiger partial charge on any atom is -0.398 e. The Kier molecular flexibility index (Phi) is 2.25. The topological polar surface area (TPSA) is 52.0 Å². The van der Waals surface area contributed by atoms with Crippen LogP contribution in [0.2, 0.25) is 0 Å². The third kappa shape index (κ3) is 1.41. The van der Waals surface area contributed by atoms with E-state index in [9.17, 15) is 0 Å². The van der Waals surface area contributed by atoms with Gasteiger partial charge in [-0.2, -0.15) is 0 Å². The zero-order valence-corrected chi connectivity index (χ0v) is 7.92. The Morgan fingerprint density at radius 3 is 2.36 bits per heavy atom. The second-order valence-corrected chi connectivity index (χ2v) is 3.30. The molecule has 11 heavy (non-hydrogen) atoms. The van der Waals surface area contributed by atoms with Crippen molar-refractivity contribution in [3.63, 3.8) is 0 Å². The van der Waals surface area contributed by atoms with Crippen molar-refractivity contribution < 1.29 is 0 Å². The van der Waals surface area contributed by atoms with E-state index in [-0.39, 0.29) is 0 Å². The summed E-state index contributed by atoms with van der Waals surface area (Å²) in [4.78, 5) is 1.44. The first kappa shape index (κ1) is 8.62. The maximum absolute atomic E-state index is 5.67. The number of rotatable bonds is 0. The fourth-order valence-corrected chi connectivity index (χ4v) is 1.32. The van der Waals surface area contributed by atoms with Gasteiger partial charge in [-0.15, -0.1) is 25.3 Å². The lowest BCUT2D eigenvalue weighted by molar-refractivity contribution is 1.27. The number of benzene rings is 1. The Bertz CT molecular complexity index is 271. The number of nitrogen functional groups attached to an aromatic ring is 2. The molecule has 0 radical (unpaired) electrons. The van der Waals surface area contributed by atoms with E-state index in [2.05, 4.69) is 25.3 Å². The normalized spacial score (nSPS) is 10.1. The summed E-state index contributed by atoms with van der Waals surface area (Å²) in [6.07, 6.45) is 0. The van der Waals surface area contributed by atoms with Crippen LogP contribution in [-0.2, 0) is 0 Å². The SMILES string of the molecule is Cc1c(N)c(S)cc(N)c1S. The minimum absolute atomic E-state index is 0.616. The first-order valence-electron chi connectivity index (χ1n) is 3.10. The Hall–Kier alpha value is -0.480. The van der Waals surface area contributed by atoms with Crippen LogP contribution in [0.4, 0.5) is 11.4 Å². The maximum Gasteiger partial charge on any atom is 0.0492 e. The molecule has 1 rings (SSSR count). The van der Waals surface area contributed by atoms with E-state index < -0.39 is 0 Å². The van der Waals surface area contributed by atoms with Crippen molar-refractivity contribution in [3.8, 4) is 0 Å². The van der Waals surface area contributed by atoms with Crippen molar-refractivity contribution in [2.75, 3.05) is 11.5 Å². The second-order valence-electron chi connectivity index (χ2n) is 2.37. The van der Waals surface area contributed by atoms with E-state index in [1.54, 1.807) is 6.07 Å². The summed E-state index contributed by atoms with van der Waals surface area (Å²) in [5.74, 6) is 0. The van der Waals surface area contributed by atoms with Gasteiger partial charge in [-0.05, 0) is 18.6 Å². The van der Waals surface area contributed by atoms with Gasteiger partial charge < -0.3 is 11.5 Å². The molecular weight excluding hydrogens is 176 g/mol. The third-order valence-electron chi connectivity index (χ3n) is 1.60. The van der Waals surface area contributed by atoms with Crippen LogP contribution < -0.4 is 11.5 Å². The second kappa shape index (κ2) is 2.87.